The van der Waals surface area contributed by atoms with E-state index in [4.69, 9.17) is 4.74 Å². The maximum Gasteiger partial charge on any atom is 0.145 e. The zero-order valence-corrected chi connectivity index (χ0v) is 29.3. The van der Waals surface area contributed by atoms with Crippen LogP contribution >= 0.6 is 14.3 Å². The van der Waals surface area contributed by atoms with Crippen LogP contribution in [0.15, 0.2) is 109 Å². The first-order valence-electron chi connectivity index (χ1n) is 16.4. The number of ether oxygens (including phenoxy) is 1. The molecule has 0 saturated heterocycles. The lowest BCUT2D eigenvalue weighted by atomic mass is 10.2. The first-order valence-corrected chi connectivity index (χ1v) is 20.2. The number of nitrogens with zero attached hydrogens (tertiary/aromatic N) is 2. The molecule has 0 amide bonds. The Bertz CT molecular complexity index is 1400. The molecule has 0 spiro atoms. The van der Waals surface area contributed by atoms with Crippen LogP contribution in [0.3, 0.4) is 0 Å². The second kappa shape index (κ2) is 17.2. The summed E-state index contributed by atoms with van der Waals surface area (Å²) >= 11 is 0. The fourth-order valence-electron chi connectivity index (χ4n) is 5.74. The average Bonchev–Trinajstić information content (AvgIpc) is 3.10. The standard InChI is InChI=1S/C38H50N2O3P2/c1-5-39(6-2)31-33-19-23-37(24-20-33)44(41,35-15-11-9-12-16-35)29-27-43-28-30-45(42,36-17-13-10-14-18-36)38-25-21-34(22-26-38)32-40(7-3)8-4/h9-26H,5-8,27-32H2,1-4H3. The molecule has 45 heavy (non-hydrogen) atoms. The van der Waals surface area contributed by atoms with Crippen molar-refractivity contribution >= 4 is 35.5 Å². The Kier molecular flexibility index (Phi) is 13.4. The topological polar surface area (TPSA) is 49.9 Å². The van der Waals surface area contributed by atoms with Gasteiger partial charge < -0.3 is 13.9 Å². The van der Waals surface area contributed by atoms with Crippen molar-refractivity contribution in [3.05, 3.63) is 120 Å². The third-order valence-electron chi connectivity index (χ3n) is 8.76. The average molecular weight is 645 g/mol. The lowest BCUT2D eigenvalue weighted by Gasteiger charge is -2.22. The molecule has 0 saturated carbocycles. The van der Waals surface area contributed by atoms with E-state index in [0.717, 1.165) is 60.5 Å². The summed E-state index contributed by atoms with van der Waals surface area (Å²) in [5.41, 5.74) is 2.44. The van der Waals surface area contributed by atoms with Crippen LogP contribution in [0.1, 0.15) is 38.8 Å². The Morgan fingerprint density at radius 2 is 0.778 bits per heavy atom. The van der Waals surface area contributed by atoms with Gasteiger partial charge in [-0.2, -0.15) is 0 Å². The van der Waals surface area contributed by atoms with Gasteiger partial charge in [-0.05, 0) is 37.3 Å². The van der Waals surface area contributed by atoms with Gasteiger partial charge >= 0.3 is 0 Å². The highest BCUT2D eigenvalue weighted by Gasteiger charge is 2.29. The molecule has 240 valence electrons. The van der Waals surface area contributed by atoms with Crippen LogP contribution in [0.5, 0.6) is 0 Å². The van der Waals surface area contributed by atoms with Crippen LogP contribution in [-0.2, 0) is 27.0 Å². The van der Waals surface area contributed by atoms with Crippen molar-refractivity contribution in [1.29, 1.82) is 0 Å². The highest BCUT2D eigenvalue weighted by atomic mass is 31.2. The van der Waals surface area contributed by atoms with Crippen molar-refractivity contribution in [3.63, 3.8) is 0 Å². The van der Waals surface area contributed by atoms with Crippen LogP contribution in [0, 0.1) is 0 Å². The lowest BCUT2D eigenvalue weighted by molar-refractivity contribution is 0.165. The molecule has 4 aromatic carbocycles. The van der Waals surface area contributed by atoms with Gasteiger partial charge in [0.1, 0.15) is 14.3 Å². The minimum absolute atomic E-state index is 0.324. The molecule has 0 heterocycles. The highest BCUT2D eigenvalue weighted by molar-refractivity contribution is 7.79. The summed E-state index contributed by atoms with van der Waals surface area (Å²) in [5.74, 6) is 0. The largest absolute Gasteiger partial charge is 0.380 e. The molecule has 0 N–H and O–H groups in total. The molecule has 2 atom stereocenters. The Balaban J connectivity index is 1.47. The summed E-state index contributed by atoms with van der Waals surface area (Å²) in [5, 5.41) is 3.37. The fraction of sp³-hybridized carbons (Fsp3) is 0.368. The molecule has 0 aliphatic rings. The van der Waals surface area contributed by atoms with Crippen molar-refractivity contribution in [2.45, 2.75) is 40.8 Å². The lowest BCUT2D eigenvalue weighted by Crippen LogP contribution is -2.24. The summed E-state index contributed by atoms with van der Waals surface area (Å²) < 4.78 is 35.5. The normalized spacial score (nSPS) is 14.4. The molecule has 5 nitrogen and oxygen atoms in total. The SMILES string of the molecule is CCN(CC)Cc1ccc(P(=O)(CCOCCP(=O)(c2ccccc2)c2ccc(CN(CC)CC)cc2)c2ccccc2)cc1. The van der Waals surface area contributed by atoms with Crippen molar-refractivity contribution in [2.75, 3.05) is 51.7 Å². The third-order valence-corrected chi connectivity index (χ3v) is 14.9. The van der Waals surface area contributed by atoms with Gasteiger partial charge in [-0.3, -0.25) is 9.80 Å². The van der Waals surface area contributed by atoms with Gasteiger partial charge in [-0.1, -0.05) is 137 Å². The smallest absolute Gasteiger partial charge is 0.145 e. The Morgan fingerprint density at radius 1 is 0.467 bits per heavy atom. The first-order chi connectivity index (χ1) is 21.9. The summed E-state index contributed by atoms with van der Waals surface area (Å²) in [6.45, 7) is 15.1. The number of rotatable bonds is 18. The molecule has 0 fully saturated rings. The molecule has 0 aliphatic carbocycles. The minimum atomic E-state index is -2.92. The summed E-state index contributed by atoms with van der Waals surface area (Å²) in [4.78, 5) is 4.74. The Labute approximate surface area is 271 Å². The molecule has 0 aliphatic heterocycles. The van der Waals surface area contributed by atoms with Gasteiger partial charge in [0.2, 0.25) is 0 Å². The van der Waals surface area contributed by atoms with Crippen molar-refractivity contribution in [3.8, 4) is 0 Å². The summed E-state index contributed by atoms with van der Waals surface area (Å²) in [6, 6.07) is 36.0. The molecular formula is C38H50N2O3P2. The zero-order valence-electron chi connectivity index (χ0n) is 27.5. The predicted molar refractivity (Wildman–Crippen MR) is 193 cm³/mol. The third kappa shape index (κ3) is 9.16. The Morgan fingerprint density at radius 3 is 1.09 bits per heavy atom. The molecule has 0 aromatic heterocycles. The second-order valence-corrected chi connectivity index (χ2v) is 17.4. The quantitative estimate of drug-likeness (QED) is 0.0890. The van der Waals surface area contributed by atoms with Gasteiger partial charge in [-0.15, -0.1) is 0 Å². The maximum atomic E-state index is 14.7. The monoisotopic (exact) mass is 644 g/mol. The van der Waals surface area contributed by atoms with E-state index < -0.39 is 14.3 Å². The van der Waals surface area contributed by atoms with E-state index in [9.17, 15) is 9.13 Å². The van der Waals surface area contributed by atoms with Crippen molar-refractivity contribution < 1.29 is 13.9 Å². The van der Waals surface area contributed by atoms with Gasteiger partial charge in [0.25, 0.3) is 0 Å². The van der Waals surface area contributed by atoms with E-state index in [0.29, 0.717) is 25.5 Å². The van der Waals surface area contributed by atoms with E-state index in [2.05, 4.69) is 61.8 Å². The maximum absolute atomic E-state index is 14.7. The summed E-state index contributed by atoms with van der Waals surface area (Å²) in [6.07, 6.45) is 0.782. The Hall–Kier alpha value is -2.78. The molecule has 2 unspecified atom stereocenters. The molecule has 4 rings (SSSR count). The van der Waals surface area contributed by atoms with Crippen molar-refractivity contribution in [2.24, 2.45) is 0 Å². The number of benzene rings is 4. The van der Waals surface area contributed by atoms with Crippen LogP contribution in [0.2, 0.25) is 0 Å². The van der Waals surface area contributed by atoms with Gasteiger partial charge in [0, 0.05) is 46.6 Å². The molecular weight excluding hydrogens is 594 g/mol. The molecule has 7 heteroatoms. The van der Waals surface area contributed by atoms with E-state index in [1.807, 2.05) is 84.9 Å². The molecule has 4 aromatic rings. The number of hydrogen-bond acceptors (Lipinski definition) is 5. The fourth-order valence-corrected chi connectivity index (χ4v) is 10.7. The van der Waals surface area contributed by atoms with E-state index in [-0.39, 0.29) is 0 Å². The van der Waals surface area contributed by atoms with E-state index in [1.54, 1.807) is 0 Å². The molecule has 0 radical (unpaired) electrons. The van der Waals surface area contributed by atoms with E-state index >= 15 is 0 Å². The van der Waals surface area contributed by atoms with Gasteiger partial charge in [-0.25, -0.2) is 0 Å². The van der Waals surface area contributed by atoms with Crippen LogP contribution in [0.4, 0.5) is 0 Å². The first kappa shape index (κ1) is 35.1. The van der Waals surface area contributed by atoms with Gasteiger partial charge in [0.05, 0.1) is 13.2 Å². The number of hydrogen-bond donors (Lipinski definition) is 0. The summed E-state index contributed by atoms with van der Waals surface area (Å²) in [7, 11) is -5.85. The zero-order chi connectivity index (χ0) is 32.1. The highest BCUT2D eigenvalue weighted by Crippen LogP contribution is 2.44. The molecule has 0 bridgehead atoms. The van der Waals surface area contributed by atoms with Crippen LogP contribution in [0.25, 0.3) is 0 Å². The predicted octanol–water partition coefficient (Wildman–Crippen LogP) is 6.71. The van der Waals surface area contributed by atoms with Crippen LogP contribution in [-0.4, -0.2) is 61.5 Å². The van der Waals surface area contributed by atoms with Gasteiger partial charge in [0.15, 0.2) is 0 Å². The van der Waals surface area contributed by atoms with Crippen LogP contribution < -0.4 is 21.2 Å². The van der Waals surface area contributed by atoms with Crippen molar-refractivity contribution in [1.82, 2.24) is 9.80 Å². The van der Waals surface area contributed by atoms with E-state index in [1.165, 1.54) is 11.1 Å². The second-order valence-electron chi connectivity index (χ2n) is 11.5. The minimum Gasteiger partial charge on any atom is -0.380 e.